The Morgan fingerprint density at radius 2 is 2.32 bits per heavy atom. The van der Waals surface area contributed by atoms with Gasteiger partial charge in [-0.3, -0.25) is 9.48 Å². The molecule has 2 atom stereocenters. The fraction of sp³-hybridized carbons (Fsp3) is 0.667. The van der Waals surface area contributed by atoms with E-state index in [1.807, 2.05) is 20.0 Å². The molecule has 1 saturated heterocycles. The van der Waals surface area contributed by atoms with Crippen molar-refractivity contribution in [3.63, 3.8) is 0 Å². The number of fused-ring (bicyclic) bond motifs is 1. The molecule has 1 aromatic heterocycles. The summed E-state index contributed by atoms with van der Waals surface area (Å²) >= 11 is 0. The van der Waals surface area contributed by atoms with Gasteiger partial charge in [-0.05, 0) is 31.7 Å². The summed E-state index contributed by atoms with van der Waals surface area (Å²) in [4.78, 5) is 25.6. The zero-order chi connectivity index (χ0) is 15.9. The Kier molecular flexibility index (Phi) is 3.58. The van der Waals surface area contributed by atoms with Gasteiger partial charge in [0.15, 0.2) is 0 Å². The predicted octanol–water partition coefficient (Wildman–Crippen LogP) is 1.12. The van der Waals surface area contributed by atoms with Crippen LogP contribution in [0.4, 0.5) is 4.79 Å². The fourth-order valence-corrected chi connectivity index (χ4v) is 3.90. The largest absolute Gasteiger partial charge is 0.481 e. The highest BCUT2D eigenvalue weighted by Gasteiger charge is 2.55. The second-order valence-electron chi connectivity index (χ2n) is 6.49. The Balaban J connectivity index is 1.62. The minimum atomic E-state index is -0.757. The molecule has 22 heavy (non-hydrogen) atoms. The van der Waals surface area contributed by atoms with Crippen LogP contribution in [0.25, 0.3) is 0 Å². The van der Waals surface area contributed by atoms with Crippen LogP contribution in [0.3, 0.4) is 0 Å². The molecule has 0 spiro atoms. The first-order chi connectivity index (χ1) is 10.4. The smallest absolute Gasteiger partial charge is 0.317 e. The van der Waals surface area contributed by atoms with E-state index in [1.165, 1.54) is 0 Å². The average molecular weight is 306 g/mol. The lowest BCUT2D eigenvalue weighted by Crippen LogP contribution is -2.41. The predicted molar refractivity (Wildman–Crippen MR) is 79.2 cm³/mol. The number of carboxylic acid groups (broad SMARTS) is 1. The lowest BCUT2D eigenvalue weighted by molar-refractivity contribution is -0.149. The number of aryl methyl sites for hydroxylation is 2. The molecule has 1 aliphatic carbocycles. The summed E-state index contributed by atoms with van der Waals surface area (Å²) < 4.78 is 1.74. The lowest BCUT2D eigenvalue weighted by atomic mass is 9.81. The van der Waals surface area contributed by atoms with Crippen LogP contribution in [0.1, 0.15) is 30.7 Å². The summed E-state index contributed by atoms with van der Waals surface area (Å²) in [6.07, 6.45) is 2.52. The Bertz CT molecular complexity index is 612. The first-order valence-electron chi connectivity index (χ1n) is 7.68. The first kappa shape index (κ1) is 14.9. The monoisotopic (exact) mass is 306 g/mol. The van der Waals surface area contributed by atoms with Crippen LogP contribution >= 0.6 is 0 Å². The normalized spacial score (nSPS) is 27.0. The molecule has 1 aromatic rings. The molecule has 7 heteroatoms. The Morgan fingerprint density at radius 1 is 1.55 bits per heavy atom. The van der Waals surface area contributed by atoms with Crippen molar-refractivity contribution < 1.29 is 14.7 Å². The number of amides is 2. The quantitative estimate of drug-likeness (QED) is 0.876. The van der Waals surface area contributed by atoms with Gasteiger partial charge in [-0.15, -0.1) is 0 Å². The van der Waals surface area contributed by atoms with Gasteiger partial charge in [0.25, 0.3) is 0 Å². The van der Waals surface area contributed by atoms with Crippen molar-refractivity contribution >= 4 is 12.0 Å². The Morgan fingerprint density at radius 3 is 2.91 bits per heavy atom. The minimum absolute atomic E-state index is 0.0923. The topological polar surface area (TPSA) is 87.5 Å². The number of hydrogen-bond donors (Lipinski definition) is 2. The molecule has 1 saturated carbocycles. The van der Waals surface area contributed by atoms with Crippen LogP contribution in [-0.4, -0.2) is 44.9 Å². The highest BCUT2D eigenvalue weighted by Crippen LogP contribution is 2.48. The third-order valence-electron chi connectivity index (χ3n) is 5.10. The van der Waals surface area contributed by atoms with E-state index in [1.54, 1.807) is 9.58 Å². The number of aromatic nitrogens is 2. The van der Waals surface area contributed by atoms with Crippen molar-refractivity contribution in [1.29, 1.82) is 0 Å². The number of carbonyl (C=O) groups is 2. The molecular weight excluding hydrogens is 284 g/mol. The number of nitrogens with zero attached hydrogens (tertiary/aromatic N) is 3. The summed E-state index contributed by atoms with van der Waals surface area (Å²) in [7, 11) is 1.84. The Labute approximate surface area is 129 Å². The highest BCUT2D eigenvalue weighted by molar-refractivity contribution is 5.80. The van der Waals surface area contributed by atoms with Gasteiger partial charge in [0.2, 0.25) is 0 Å². The maximum absolute atomic E-state index is 12.3. The molecular formula is C15H22N4O3. The van der Waals surface area contributed by atoms with Crippen molar-refractivity contribution in [3.05, 3.63) is 17.5 Å². The summed E-state index contributed by atoms with van der Waals surface area (Å²) in [5, 5.41) is 16.7. The summed E-state index contributed by atoms with van der Waals surface area (Å²) in [6.45, 7) is 3.17. The van der Waals surface area contributed by atoms with Gasteiger partial charge in [-0.2, -0.15) is 5.10 Å². The SMILES string of the molecule is Cc1cc(CNC(=O)N2C[C@@H]3CCC[C@@]3(C(=O)O)C2)n(C)n1. The van der Waals surface area contributed by atoms with E-state index < -0.39 is 11.4 Å². The minimum Gasteiger partial charge on any atom is -0.481 e. The highest BCUT2D eigenvalue weighted by atomic mass is 16.4. The van der Waals surface area contributed by atoms with Crippen molar-refractivity contribution in [1.82, 2.24) is 20.0 Å². The Hall–Kier alpha value is -2.05. The molecule has 0 unspecified atom stereocenters. The molecule has 0 radical (unpaired) electrons. The summed E-state index contributed by atoms with van der Waals surface area (Å²) in [5.74, 6) is -0.665. The second-order valence-corrected chi connectivity index (χ2v) is 6.49. The standard InChI is InChI=1S/C15H22N4O3/c1-10-6-12(18(2)17-10)7-16-14(22)19-8-11-4-3-5-15(11,9-19)13(20)21/h6,11H,3-5,7-9H2,1-2H3,(H,16,22)(H,20,21)/t11-,15+/m0/s1. The van der Waals surface area contributed by atoms with Gasteiger partial charge < -0.3 is 15.3 Å². The summed E-state index contributed by atoms with van der Waals surface area (Å²) in [6, 6.07) is 1.74. The second kappa shape index (κ2) is 5.30. The molecule has 2 N–H and O–H groups in total. The van der Waals surface area contributed by atoms with E-state index in [0.717, 1.165) is 24.2 Å². The molecule has 2 fully saturated rings. The third kappa shape index (κ3) is 2.34. The molecule has 1 aliphatic heterocycles. The maximum Gasteiger partial charge on any atom is 0.317 e. The number of carbonyl (C=O) groups excluding carboxylic acids is 1. The van der Waals surface area contributed by atoms with Gasteiger partial charge in [0.1, 0.15) is 0 Å². The molecule has 3 rings (SSSR count). The van der Waals surface area contributed by atoms with Crippen molar-refractivity contribution in [2.24, 2.45) is 18.4 Å². The molecule has 2 amide bonds. The van der Waals surface area contributed by atoms with E-state index in [0.29, 0.717) is 26.1 Å². The zero-order valence-corrected chi connectivity index (χ0v) is 13.0. The van der Waals surface area contributed by atoms with E-state index in [4.69, 9.17) is 0 Å². The maximum atomic E-state index is 12.3. The molecule has 120 valence electrons. The fourth-order valence-electron chi connectivity index (χ4n) is 3.90. The van der Waals surface area contributed by atoms with E-state index >= 15 is 0 Å². The van der Waals surface area contributed by atoms with Crippen LogP contribution in [0.15, 0.2) is 6.07 Å². The van der Waals surface area contributed by atoms with Gasteiger partial charge in [-0.25, -0.2) is 4.79 Å². The van der Waals surface area contributed by atoms with Crippen LogP contribution in [-0.2, 0) is 18.4 Å². The lowest BCUT2D eigenvalue weighted by Gasteiger charge is -2.23. The number of nitrogens with one attached hydrogen (secondary N) is 1. The van der Waals surface area contributed by atoms with Crippen LogP contribution < -0.4 is 5.32 Å². The van der Waals surface area contributed by atoms with Crippen LogP contribution in [0.5, 0.6) is 0 Å². The number of urea groups is 1. The molecule has 7 nitrogen and oxygen atoms in total. The van der Waals surface area contributed by atoms with Gasteiger partial charge >= 0.3 is 12.0 Å². The zero-order valence-electron chi connectivity index (χ0n) is 13.0. The van der Waals surface area contributed by atoms with Gasteiger partial charge in [-0.1, -0.05) is 6.42 Å². The van der Waals surface area contributed by atoms with E-state index in [9.17, 15) is 14.7 Å². The van der Waals surface area contributed by atoms with Gasteiger partial charge in [0, 0.05) is 20.1 Å². The average Bonchev–Trinajstić information content (AvgIpc) is 3.08. The number of hydrogen-bond acceptors (Lipinski definition) is 3. The van der Waals surface area contributed by atoms with Crippen molar-refractivity contribution in [2.45, 2.75) is 32.7 Å². The summed E-state index contributed by atoms with van der Waals surface area (Å²) in [5.41, 5.74) is 1.12. The van der Waals surface area contributed by atoms with E-state index in [2.05, 4.69) is 10.4 Å². The van der Waals surface area contributed by atoms with Crippen molar-refractivity contribution in [2.75, 3.05) is 13.1 Å². The van der Waals surface area contributed by atoms with Crippen LogP contribution in [0, 0.1) is 18.3 Å². The number of aliphatic carboxylic acids is 1. The molecule has 0 aromatic carbocycles. The third-order valence-corrected chi connectivity index (χ3v) is 5.10. The number of likely N-dealkylation sites (tertiary alicyclic amines) is 1. The van der Waals surface area contributed by atoms with Gasteiger partial charge in [0.05, 0.1) is 23.3 Å². The number of carboxylic acids is 1. The molecule has 0 bridgehead atoms. The molecule has 2 aliphatic rings. The first-order valence-corrected chi connectivity index (χ1v) is 7.68. The van der Waals surface area contributed by atoms with E-state index in [-0.39, 0.29) is 11.9 Å². The van der Waals surface area contributed by atoms with Crippen molar-refractivity contribution in [3.8, 4) is 0 Å². The van der Waals surface area contributed by atoms with Crippen LogP contribution in [0.2, 0.25) is 0 Å². The molecule has 2 heterocycles. The number of rotatable bonds is 3.